The number of ether oxygens (including phenoxy) is 1. The molecule has 0 bridgehead atoms. The maximum absolute atomic E-state index is 11.0. The second-order valence-corrected chi connectivity index (χ2v) is 5.90. The van der Waals surface area contributed by atoms with E-state index in [1.807, 2.05) is 0 Å². The molecule has 1 heterocycles. The highest BCUT2D eigenvalue weighted by molar-refractivity contribution is 5.68. The third kappa shape index (κ3) is 2.81. The van der Waals surface area contributed by atoms with Gasteiger partial charge in [0.25, 0.3) is 0 Å². The average Bonchev–Trinajstić information content (AvgIpc) is 3.19. The van der Waals surface area contributed by atoms with Gasteiger partial charge >= 0.3 is 5.97 Å². The van der Waals surface area contributed by atoms with Gasteiger partial charge in [0.15, 0.2) is 0 Å². The summed E-state index contributed by atoms with van der Waals surface area (Å²) in [6.07, 6.45) is 3.81. The number of benzene rings is 1. The van der Waals surface area contributed by atoms with Gasteiger partial charge < -0.3 is 9.84 Å². The van der Waals surface area contributed by atoms with Crippen LogP contribution in [0, 0.1) is 5.92 Å². The minimum absolute atomic E-state index is 0.195. The van der Waals surface area contributed by atoms with E-state index in [0.29, 0.717) is 12.5 Å². The highest BCUT2D eigenvalue weighted by Crippen LogP contribution is 2.45. The smallest absolute Gasteiger partial charge is 0.303 e. The van der Waals surface area contributed by atoms with E-state index in [2.05, 4.69) is 25.1 Å². The molecule has 0 amide bonds. The molecule has 1 saturated carbocycles. The maximum atomic E-state index is 11.0. The van der Waals surface area contributed by atoms with Crippen LogP contribution in [0.25, 0.3) is 0 Å². The highest BCUT2D eigenvalue weighted by Gasteiger charge is 2.34. The van der Waals surface area contributed by atoms with Crippen LogP contribution in [0.2, 0.25) is 0 Å². The number of hydrogen-bond acceptors (Lipinski definition) is 2. The molecule has 0 spiro atoms. The predicted molar refractivity (Wildman–Crippen MR) is 72.1 cm³/mol. The number of carboxylic acid groups (broad SMARTS) is 1. The van der Waals surface area contributed by atoms with E-state index in [0.717, 1.165) is 6.42 Å². The summed E-state index contributed by atoms with van der Waals surface area (Å²) < 4.78 is 5.63. The molecule has 3 nitrogen and oxygen atoms in total. The van der Waals surface area contributed by atoms with E-state index in [1.54, 1.807) is 0 Å². The molecular formula is C16H20O3. The van der Waals surface area contributed by atoms with Gasteiger partial charge in [-0.3, -0.25) is 4.79 Å². The molecule has 0 saturated heterocycles. The molecule has 1 aromatic rings. The lowest BCUT2D eigenvalue weighted by Gasteiger charge is -2.24. The zero-order valence-corrected chi connectivity index (χ0v) is 11.3. The van der Waals surface area contributed by atoms with Crippen molar-refractivity contribution in [2.45, 2.75) is 51.2 Å². The Morgan fingerprint density at radius 2 is 2.21 bits per heavy atom. The van der Waals surface area contributed by atoms with Crippen LogP contribution in [-0.2, 0) is 22.6 Å². The molecule has 19 heavy (non-hydrogen) atoms. The van der Waals surface area contributed by atoms with Crippen molar-refractivity contribution in [1.29, 1.82) is 0 Å². The molecule has 2 unspecified atom stereocenters. The van der Waals surface area contributed by atoms with E-state index in [1.165, 1.54) is 29.5 Å². The zero-order chi connectivity index (χ0) is 13.4. The minimum atomic E-state index is -0.689. The number of aliphatic carboxylic acids is 1. The van der Waals surface area contributed by atoms with Crippen molar-refractivity contribution in [3.63, 3.8) is 0 Å². The van der Waals surface area contributed by atoms with E-state index >= 15 is 0 Å². The molecular weight excluding hydrogens is 240 g/mol. The Kier molecular flexibility index (Phi) is 3.31. The molecule has 1 aromatic carbocycles. The topological polar surface area (TPSA) is 46.5 Å². The Morgan fingerprint density at radius 1 is 1.42 bits per heavy atom. The summed E-state index contributed by atoms with van der Waals surface area (Å²) in [5, 5.41) is 9.08. The highest BCUT2D eigenvalue weighted by atomic mass is 16.5. The first-order valence-electron chi connectivity index (χ1n) is 7.08. The summed E-state index contributed by atoms with van der Waals surface area (Å²) in [5.41, 5.74) is 3.80. The SMILES string of the molecule is CC1Cc2cc(C(CC(=O)O)C3CC3)ccc2CO1. The fraction of sp³-hybridized carbons (Fsp3) is 0.562. The average molecular weight is 260 g/mol. The zero-order valence-electron chi connectivity index (χ0n) is 11.3. The third-order valence-corrected chi connectivity index (χ3v) is 4.27. The molecule has 2 aliphatic rings. The molecule has 3 rings (SSSR count). The summed E-state index contributed by atoms with van der Waals surface area (Å²) in [7, 11) is 0. The summed E-state index contributed by atoms with van der Waals surface area (Å²) in [5.74, 6) is 0.0821. The summed E-state index contributed by atoms with van der Waals surface area (Å²) in [6, 6.07) is 6.44. The first-order valence-corrected chi connectivity index (χ1v) is 7.08. The Morgan fingerprint density at radius 3 is 2.89 bits per heavy atom. The van der Waals surface area contributed by atoms with Crippen molar-refractivity contribution in [3.05, 3.63) is 34.9 Å². The van der Waals surface area contributed by atoms with Gasteiger partial charge in [-0.15, -0.1) is 0 Å². The van der Waals surface area contributed by atoms with Crippen LogP contribution in [0.4, 0.5) is 0 Å². The number of hydrogen-bond donors (Lipinski definition) is 1. The normalized spacial score (nSPS) is 23.7. The Hall–Kier alpha value is -1.35. The second-order valence-electron chi connectivity index (χ2n) is 5.90. The third-order valence-electron chi connectivity index (χ3n) is 4.27. The van der Waals surface area contributed by atoms with Gasteiger partial charge in [0, 0.05) is 0 Å². The van der Waals surface area contributed by atoms with E-state index < -0.39 is 5.97 Å². The molecule has 0 aromatic heterocycles. The number of fused-ring (bicyclic) bond motifs is 1. The second kappa shape index (κ2) is 4.97. The fourth-order valence-corrected chi connectivity index (χ4v) is 3.05. The van der Waals surface area contributed by atoms with Gasteiger partial charge in [0.2, 0.25) is 0 Å². The van der Waals surface area contributed by atoms with Crippen molar-refractivity contribution in [2.24, 2.45) is 5.92 Å². The maximum Gasteiger partial charge on any atom is 0.303 e. The van der Waals surface area contributed by atoms with Crippen LogP contribution in [0.15, 0.2) is 18.2 Å². The van der Waals surface area contributed by atoms with Gasteiger partial charge in [-0.2, -0.15) is 0 Å². The van der Waals surface area contributed by atoms with Gasteiger partial charge in [0.05, 0.1) is 19.1 Å². The Labute approximate surface area is 113 Å². The summed E-state index contributed by atoms with van der Waals surface area (Å²) >= 11 is 0. The standard InChI is InChI=1S/C16H20O3/c1-10-6-14-7-12(4-5-13(14)9-19-10)15(8-16(17)18)11-2-3-11/h4-5,7,10-11,15H,2-3,6,8-9H2,1H3,(H,17,18). The predicted octanol–water partition coefficient (Wildman–Crippen LogP) is 3.12. The minimum Gasteiger partial charge on any atom is -0.481 e. The molecule has 2 atom stereocenters. The van der Waals surface area contributed by atoms with Crippen LogP contribution >= 0.6 is 0 Å². The van der Waals surface area contributed by atoms with Crippen molar-refractivity contribution in [2.75, 3.05) is 0 Å². The van der Waals surface area contributed by atoms with Gasteiger partial charge in [-0.25, -0.2) is 0 Å². The Balaban J connectivity index is 1.87. The molecule has 1 aliphatic carbocycles. The van der Waals surface area contributed by atoms with Gasteiger partial charge in [0.1, 0.15) is 0 Å². The van der Waals surface area contributed by atoms with Crippen LogP contribution in [0.3, 0.4) is 0 Å². The van der Waals surface area contributed by atoms with Crippen LogP contribution < -0.4 is 0 Å². The lowest BCUT2D eigenvalue weighted by molar-refractivity contribution is -0.137. The molecule has 102 valence electrons. The first kappa shape index (κ1) is 12.7. The summed E-state index contributed by atoms with van der Waals surface area (Å²) in [6.45, 7) is 2.77. The fourth-order valence-electron chi connectivity index (χ4n) is 3.05. The van der Waals surface area contributed by atoms with E-state index in [4.69, 9.17) is 9.84 Å². The molecule has 1 N–H and O–H groups in total. The first-order chi connectivity index (χ1) is 9.13. The molecule has 1 fully saturated rings. The molecule has 3 heteroatoms. The molecule has 1 aliphatic heterocycles. The summed E-state index contributed by atoms with van der Waals surface area (Å²) in [4.78, 5) is 11.0. The van der Waals surface area contributed by atoms with Crippen LogP contribution in [0.1, 0.15) is 48.8 Å². The van der Waals surface area contributed by atoms with Crippen molar-refractivity contribution in [3.8, 4) is 0 Å². The van der Waals surface area contributed by atoms with E-state index in [9.17, 15) is 4.79 Å². The van der Waals surface area contributed by atoms with Crippen LogP contribution in [-0.4, -0.2) is 17.2 Å². The Bertz CT molecular complexity index is 491. The number of rotatable bonds is 4. The molecule has 0 radical (unpaired) electrons. The monoisotopic (exact) mass is 260 g/mol. The largest absolute Gasteiger partial charge is 0.481 e. The van der Waals surface area contributed by atoms with Crippen molar-refractivity contribution < 1.29 is 14.6 Å². The lowest BCUT2D eigenvalue weighted by atomic mass is 9.87. The number of carboxylic acids is 1. The lowest BCUT2D eigenvalue weighted by Crippen LogP contribution is -2.19. The van der Waals surface area contributed by atoms with Crippen molar-refractivity contribution >= 4 is 5.97 Å². The van der Waals surface area contributed by atoms with Crippen LogP contribution in [0.5, 0.6) is 0 Å². The van der Waals surface area contributed by atoms with Gasteiger partial charge in [-0.05, 0) is 54.7 Å². The number of carbonyl (C=O) groups is 1. The quantitative estimate of drug-likeness (QED) is 0.904. The van der Waals surface area contributed by atoms with Crippen molar-refractivity contribution in [1.82, 2.24) is 0 Å². The van der Waals surface area contributed by atoms with E-state index in [-0.39, 0.29) is 18.4 Å². The van der Waals surface area contributed by atoms with Gasteiger partial charge in [-0.1, -0.05) is 18.2 Å².